The number of aromatic nitrogens is 2. The van der Waals surface area contributed by atoms with Crippen LogP contribution in [0.2, 0.25) is 0 Å². The molecule has 0 unspecified atom stereocenters. The molecule has 0 radical (unpaired) electrons. The van der Waals surface area contributed by atoms with E-state index in [0.29, 0.717) is 11.4 Å². The van der Waals surface area contributed by atoms with Crippen molar-refractivity contribution < 1.29 is 14.4 Å². The maximum absolute atomic E-state index is 11.6. The van der Waals surface area contributed by atoms with Gasteiger partial charge in [-0.25, -0.2) is 5.06 Å². The number of hydroxylamine groups is 2. The minimum Gasteiger partial charge on any atom is -0.479 e. The first-order chi connectivity index (χ1) is 6.60. The van der Waals surface area contributed by atoms with Crippen molar-refractivity contribution in [3.8, 4) is 5.88 Å². The average Bonchev–Trinajstić information content (AvgIpc) is 2.57. The van der Waals surface area contributed by atoms with Gasteiger partial charge in [0.15, 0.2) is 0 Å². The highest BCUT2D eigenvalue weighted by Crippen LogP contribution is 2.16. The molecule has 1 amide bonds. The Bertz CT molecular complexity index is 335. The van der Waals surface area contributed by atoms with Gasteiger partial charge in [-0.15, -0.1) is 5.10 Å². The van der Waals surface area contributed by atoms with Crippen LogP contribution >= 0.6 is 0 Å². The van der Waals surface area contributed by atoms with Crippen molar-refractivity contribution in [3.63, 3.8) is 0 Å². The van der Waals surface area contributed by atoms with Gasteiger partial charge in [0.2, 0.25) is 5.88 Å². The zero-order chi connectivity index (χ0) is 10.7. The van der Waals surface area contributed by atoms with Crippen LogP contribution in [0.1, 0.15) is 10.4 Å². The number of rotatable bonds is 3. The van der Waals surface area contributed by atoms with Gasteiger partial charge < -0.3 is 4.74 Å². The number of nitrogens with zero attached hydrogens (tertiary/aromatic N) is 3. The highest BCUT2D eigenvalue weighted by Gasteiger charge is 2.19. The molecule has 6 heteroatoms. The molecule has 1 heterocycles. The van der Waals surface area contributed by atoms with E-state index in [1.165, 1.54) is 25.9 Å². The topological polar surface area (TPSA) is 56.6 Å². The van der Waals surface area contributed by atoms with Gasteiger partial charge in [-0.05, 0) is 0 Å². The summed E-state index contributed by atoms with van der Waals surface area (Å²) in [6, 6.07) is 0. The molecule has 0 saturated heterocycles. The zero-order valence-corrected chi connectivity index (χ0v) is 8.64. The normalized spacial score (nSPS) is 10.0. The second-order valence-corrected chi connectivity index (χ2v) is 2.71. The van der Waals surface area contributed by atoms with Crippen molar-refractivity contribution in [1.82, 2.24) is 14.8 Å². The van der Waals surface area contributed by atoms with E-state index in [4.69, 9.17) is 9.57 Å². The summed E-state index contributed by atoms with van der Waals surface area (Å²) in [4.78, 5) is 16.4. The number of methoxy groups -OCH3 is 1. The van der Waals surface area contributed by atoms with Gasteiger partial charge in [0.05, 0.1) is 14.2 Å². The van der Waals surface area contributed by atoms with Crippen LogP contribution in [-0.4, -0.2) is 42.0 Å². The Kier molecular flexibility index (Phi) is 3.08. The molecular weight excluding hydrogens is 186 g/mol. The smallest absolute Gasteiger partial charge is 0.284 e. The van der Waals surface area contributed by atoms with E-state index in [1.807, 2.05) is 0 Å². The number of hydrogen-bond donors (Lipinski definition) is 0. The molecule has 0 aliphatic heterocycles. The maximum Gasteiger partial charge on any atom is 0.284 e. The Morgan fingerprint density at radius 1 is 1.57 bits per heavy atom. The van der Waals surface area contributed by atoms with Gasteiger partial charge in [0.25, 0.3) is 5.91 Å². The summed E-state index contributed by atoms with van der Waals surface area (Å²) in [6.45, 7) is 0. The first-order valence-corrected chi connectivity index (χ1v) is 4.00. The number of aryl methyl sites for hydroxylation is 1. The minimum absolute atomic E-state index is 0.293. The Morgan fingerprint density at radius 3 is 2.71 bits per heavy atom. The molecule has 78 valence electrons. The molecule has 0 aliphatic carbocycles. The molecule has 6 nitrogen and oxygen atoms in total. The van der Waals surface area contributed by atoms with E-state index >= 15 is 0 Å². The summed E-state index contributed by atoms with van der Waals surface area (Å²) in [7, 11) is 6.12. The van der Waals surface area contributed by atoms with E-state index in [0.717, 1.165) is 5.06 Å². The standard InChI is InChI=1S/C8H13N3O3/c1-10-5-6(7(9-10)13-3)8(12)11(2)14-4/h5H,1-4H3. The molecule has 14 heavy (non-hydrogen) atoms. The third kappa shape index (κ3) is 1.85. The Hall–Kier alpha value is -1.56. The lowest BCUT2D eigenvalue weighted by Crippen LogP contribution is -2.25. The maximum atomic E-state index is 11.6. The number of amides is 1. The highest BCUT2D eigenvalue weighted by atomic mass is 16.7. The number of carbonyl (C=O) groups is 1. The van der Waals surface area contributed by atoms with Gasteiger partial charge >= 0.3 is 0 Å². The van der Waals surface area contributed by atoms with Crippen LogP contribution in [0.5, 0.6) is 5.88 Å². The zero-order valence-electron chi connectivity index (χ0n) is 8.64. The quantitative estimate of drug-likeness (QED) is 0.646. The van der Waals surface area contributed by atoms with Gasteiger partial charge in [0.1, 0.15) is 5.56 Å². The van der Waals surface area contributed by atoms with Gasteiger partial charge in [-0.2, -0.15) is 0 Å². The fourth-order valence-electron chi connectivity index (χ4n) is 1.02. The Morgan fingerprint density at radius 2 is 2.21 bits per heavy atom. The van der Waals surface area contributed by atoms with Crippen LogP contribution in [-0.2, 0) is 11.9 Å². The van der Waals surface area contributed by atoms with Crippen LogP contribution < -0.4 is 4.74 Å². The van der Waals surface area contributed by atoms with Crippen molar-refractivity contribution in [2.45, 2.75) is 0 Å². The largest absolute Gasteiger partial charge is 0.479 e. The monoisotopic (exact) mass is 199 g/mol. The third-order valence-corrected chi connectivity index (χ3v) is 1.78. The Balaban J connectivity index is 2.99. The summed E-state index contributed by atoms with van der Waals surface area (Å²) in [5.74, 6) is -0.00106. The van der Waals surface area contributed by atoms with Crippen LogP contribution in [0.4, 0.5) is 0 Å². The summed E-state index contributed by atoms with van der Waals surface area (Å²) < 4.78 is 6.46. The van der Waals surface area contributed by atoms with Crippen LogP contribution in [0.15, 0.2) is 6.20 Å². The van der Waals surface area contributed by atoms with E-state index in [9.17, 15) is 4.79 Å². The van der Waals surface area contributed by atoms with E-state index < -0.39 is 0 Å². The molecule has 0 saturated carbocycles. The minimum atomic E-state index is -0.294. The second kappa shape index (κ2) is 4.10. The van der Waals surface area contributed by atoms with Crippen molar-refractivity contribution in [2.24, 2.45) is 7.05 Å². The average molecular weight is 199 g/mol. The van der Waals surface area contributed by atoms with Crippen molar-refractivity contribution in [2.75, 3.05) is 21.3 Å². The van der Waals surface area contributed by atoms with Gasteiger partial charge in [-0.3, -0.25) is 14.3 Å². The highest BCUT2D eigenvalue weighted by molar-refractivity contribution is 5.95. The molecule has 1 aromatic rings. The fraction of sp³-hybridized carbons (Fsp3) is 0.500. The molecule has 0 aromatic carbocycles. The fourth-order valence-corrected chi connectivity index (χ4v) is 1.02. The summed E-state index contributed by atoms with van der Waals surface area (Å²) in [6.07, 6.45) is 1.58. The van der Waals surface area contributed by atoms with Crippen molar-refractivity contribution in [1.29, 1.82) is 0 Å². The van der Waals surface area contributed by atoms with Gasteiger partial charge in [0, 0.05) is 20.3 Å². The van der Waals surface area contributed by atoms with Crippen molar-refractivity contribution >= 4 is 5.91 Å². The predicted molar refractivity (Wildman–Crippen MR) is 48.9 cm³/mol. The third-order valence-electron chi connectivity index (χ3n) is 1.78. The predicted octanol–water partition coefficient (Wildman–Crippen LogP) is 0.0621. The lowest BCUT2D eigenvalue weighted by atomic mass is 10.3. The van der Waals surface area contributed by atoms with E-state index in [1.54, 1.807) is 13.2 Å². The van der Waals surface area contributed by atoms with Crippen LogP contribution in [0.3, 0.4) is 0 Å². The van der Waals surface area contributed by atoms with Crippen LogP contribution in [0, 0.1) is 0 Å². The second-order valence-electron chi connectivity index (χ2n) is 2.71. The molecule has 1 rings (SSSR count). The molecule has 0 aliphatic rings. The van der Waals surface area contributed by atoms with Gasteiger partial charge in [-0.1, -0.05) is 0 Å². The SMILES string of the molecule is COc1nn(C)cc1C(=O)N(C)OC. The van der Waals surface area contributed by atoms with Crippen LogP contribution in [0.25, 0.3) is 0 Å². The molecular formula is C8H13N3O3. The summed E-state index contributed by atoms with van der Waals surface area (Å²) in [5.41, 5.74) is 0.374. The number of carbonyl (C=O) groups excluding carboxylic acids is 1. The Labute approximate surface area is 82.0 Å². The van der Waals surface area contributed by atoms with E-state index in [2.05, 4.69) is 5.10 Å². The first kappa shape index (κ1) is 10.5. The summed E-state index contributed by atoms with van der Waals surface area (Å²) in [5, 5.41) is 5.07. The molecule has 0 spiro atoms. The molecule has 1 aromatic heterocycles. The molecule has 0 atom stereocenters. The lowest BCUT2D eigenvalue weighted by Gasteiger charge is -2.12. The first-order valence-electron chi connectivity index (χ1n) is 4.00. The number of ether oxygens (including phenoxy) is 1. The molecule has 0 fully saturated rings. The number of hydrogen-bond acceptors (Lipinski definition) is 4. The lowest BCUT2D eigenvalue weighted by molar-refractivity contribution is -0.0758. The summed E-state index contributed by atoms with van der Waals surface area (Å²) >= 11 is 0. The van der Waals surface area contributed by atoms with E-state index in [-0.39, 0.29) is 5.91 Å². The molecule has 0 bridgehead atoms. The van der Waals surface area contributed by atoms with Crippen molar-refractivity contribution in [3.05, 3.63) is 11.8 Å². The molecule has 0 N–H and O–H groups in total.